The molecule has 3 atom stereocenters. The monoisotopic (exact) mass is 356 g/mol. The Bertz CT molecular complexity index is 765. The highest BCUT2D eigenvalue weighted by Gasteiger charge is 2.53. The smallest absolute Gasteiger partial charge is 0.254 e. The van der Waals surface area contributed by atoms with E-state index in [-0.39, 0.29) is 35.9 Å². The molecule has 0 saturated carbocycles. The minimum absolute atomic E-state index is 0.000898. The lowest BCUT2D eigenvalue weighted by Gasteiger charge is -2.25. The van der Waals surface area contributed by atoms with Crippen LogP contribution in [0.25, 0.3) is 0 Å². The molecule has 0 aromatic heterocycles. The number of rotatable bonds is 3. The van der Waals surface area contributed by atoms with Crippen LogP contribution in [0.15, 0.2) is 18.2 Å². The first-order valence-corrected chi connectivity index (χ1v) is 9.47. The molecular formula is C16H21FN2O4S. The van der Waals surface area contributed by atoms with E-state index in [1.54, 1.807) is 4.90 Å². The minimum Gasteiger partial charge on any atom is -0.494 e. The molecule has 1 aromatic carbocycles. The van der Waals surface area contributed by atoms with E-state index in [1.165, 1.54) is 25.3 Å². The summed E-state index contributed by atoms with van der Waals surface area (Å²) in [5, 5.41) is -0.517. The molecule has 1 amide bonds. The third-order valence-corrected chi connectivity index (χ3v) is 7.24. The highest BCUT2D eigenvalue weighted by atomic mass is 32.2. The molecule has 2 saturated heterocycles. The van der Waals surface area contributed by atoms with Gasteiger partial charge < -0.3 is 14.5 Å². The van der Waals surface area contributed by atoms with Gasteiger partial charge in [0.2, 0.25) is 0 Å². The van der Waals surface area contributed by atoms with Crippen molar-refractivity contribution in [2.24, 2.45) is 5.92 Å². The Morgan fingerprint density at radius 3 is 2.67 bits per heavy atom. The molecule has 2 heterocycles. The number of nitrogens with zero attached hydrogens (tertiary/aromatic N) is 2. The summed E-state index contributed by atoms with van der Waals surface area (Å²) in [4.78, 5) is 16.1. The third kappa shape index (κ3) is 2.77. The maximum Gasteiger partial charge on any atom is 0.254 e. The van der Waals surface area contributed by atoms with Gasteiger partial charge in [0.05, 0.1) is 18.1 Å². The summed E-state index contributed by atoms with van der Waals surface area (Å²) in [6.07, 6.45) is 0. The molecule has 0 radical (unpaired) electrons. The standard InChI is InChI=1S/C16H21FN2O4S/c1-18(2)13-9-24(21,22)15-8-19(7-11(13)15)16(20)10-4-5-12(17)14(6-10)23-3/h4-6,11,13,15H,7-9H2,1-3H3/t11-,13+,15-/m0/s1. The topological polar surface area (TPSA) is 66.9 Å². The molecule has 2 aliphatic rings. The van der Waals surface area contributed by atoms with Crippen LogP contribution in [0.1, 0.15) is 10.4 Å². The van der Waals surface area contributed by atoms with Gasteiger partial charge in [0.25, 0.3) is 5.91 Å². The van der Waals surface area contributed by atoms with Gasteiger partial charge in [-0.3, -0.25) is 4.79 Å². The fourth-order valence-electron chi connectivity index (χ4n) is 3.71. The number of hydrogen-bond acceptors (Lipinski definition) is 5. The molecule has 2 aliphatic heterocycles. The van der Waals surface area contributed by atoms with Crippen molar-refractivity contribution in [1.82, 2.24) is 9.80 Å². The zero-order valence-electron chi connectivity index (χ0n) is 13.9. The summed E-state index contributed by atoms with van der Waals surface area (Å²) in [5.41, 5.74) is 0.298. The van der Waals surface area contributed by atoms with E-state index in [0.29, 0.717) is 12.1 Å². The van der Waals surface area contributed by atoms with Crippen LogP contribution < -0.4 is 4.74 Å². The van der Waals surface area contributed by atoms with Crippen LogP contribution in [0.2, 0.25) is 0 Å². The SMILES string of the molecule is COc1cc(C(=O)N2C[C@H]3[C@H](N(C)C)CS(=O)(=O)[C@H]3C2)ccc1F. The van der Waals surface area contributed by atoms with Crippen molar-refractivity contribution >= 4 is 15.7 Å². The van der Waals surface area contributed by atoms with E-state index < -0.39 is 20.9 Å². The third-order valence-electron chi connectivity index (χ3n) is 5.02. The summed E-state index contributed by atoms with van der Waals surface area (Å²) in [6.45, 7) is 0.584. The Morgan fingerprint density at radius 1 is 1.33 bits per heavy atom. The molecule has 132 valence electrons. The normalized spacial score (nSPS) is 28.2. The second-order valence-electron chi connectivity index (χ2n) is 6.62. The maximum atomic E-state index is 13.5. The second-order valence-corrected chi connectivity index (χ2v) is 8.89. The lowest BCUT2D eigenvalue weighted by molar-refractivity contribution is 0.0779. The number of fused-ring (bicyclic) bond motifs is 1. The number of methoxy groups -OCH3 is 1. The van der Waals surface area contributed by atoms with Gasteiger partial charge in [-0.05, 0) is 32.3 Å². The number of sulfone groups is 1. The molecule has 0 aliphatic carbocycles. The van der Waals surface area contributed by atoms with Gasteiger partial charge in [0.15, 0.2) is 21.4 Å². The Morgan fingerprint density at radius 2 is 2.04 bits per heavy atom. The molecule has 3 rings (SSSR count). The number of benzene rings is 1. The number of halogens is 1. The summed E-state index contributed by atoms with van der Waals surface area (Å²) in [6, 6.07) is 3.85. The van der Waals surface area contributed by atoms with E-state index in [9.17, 15) is 17.6 Å². The van der Waals surface area contributed by atoms with Crippen molar-refractivity contribution in [2.45, 2.75) is 11.3 Å². The summed E-state index contributed by atoms with van der Waals surface area (Å²) < 4.78 is 43.2. The van der Waals surface area contributed by atoms with Gasteiger partial charge in [-0.25, -0.2) is 12.8 Å². The fraction of sp³-hybridized carbons (Fsp3) is 0.562. The second kappa shape index (κ2) is 6.00. The predicted octanol–water partition coefficient (Wildman–Crippen LogP) is 0.634. The molecule has 8 heteroatoms. The first-order valence-electron chi connectivity index (χ1n) is 7.75. The zero-order valence-corrected chi connectivity index (χ0v) is 14.7. The van der Waals surface area contributed by atoms with Crippen LogP contribution in [-0.2, 0) is 9.84 Å². The number of likely N-dealkylation sites (tertiary alicyclic amines) is 1. The van der Waals surface area contributed by atoms with E-state index >= 15 is 0 Å². The largest absolute Gasteiger partial charge is 0.494 e. The molecule has 0 spiro atoms. The van der Waals surface area contributed by atoms with Gasteiger partial charge in [0, 0.05) is 30.6 Å². The van der Waals surface area contributed by atoms with Crippen molar-refractivity contribution in [3.63, 3.8) is 0 Å². The maximum absolute atomic E-state index is 13.5. The number of ether oxygens (including phenoxy) is 1. The first kappa shape index (κ1) is 17.2. The van der Waals surface area contributed by atoms with Crippen LogP contribution in [0, 0.1) is 11.7 Å². The van der Waals surface area contributed by atoms with E-state index in [0.717, 1.165) is 0 Å². The zero-order chi connectivity index (χ0) is 17.6. The van der Waals surface area contributed by atoms with Crippen LogP contribution in [0.5, 0.6) is 5.75 Å². The Kier molecular flexibility index (Phi) is 4.29. The Labute approximate surface area is 141 Å². The van der Waals surface area contributed by atoms with Crippen molar-refractivity contribution in [3.8, 4) is 5.75 Å². The number of carbonyl (C=O) groups excluding carboxylic acids is 1. The van der Waals surface area contributed by atoms with E-state index in [1.807, 2.05) is 19.0 Å². The average Bonchev–Trinajstić information content (AvgIpc) is 3.07. The van der Waals surface area contributed by atoms with Crippen molar-refractivity contribution < 1.29 is 22.3 Å². The predicted molar refractivity (Wildman–Crippen MR) is 87.4 cm³/mol. The summed E-state index contributed by atoms with van der Waals surface area (Å²) in [7, 11) is 1.85. The molecular weight excluding hydrogens is 335 g/mol. The molecule has 0 N–H and O–H groups in total. The first-order chi connectivity index (χ1) is 11.2. The van der Waals surface area contributed by atoms with E-state index in [4.69, 9.17) is 4.74 Å². The van der Waals surface area contributed by atoms with Gasteiger partial charge in [0.1, 0.15) is 0 Å². The summed E-state index contributed by atoms with van der Waals surface area (Å²) in [5.74, 6) is -0.782. The lowest BCUT2D eigenvalue weighted by atomic mass is 10.00. The highest BCUT2D eigenvalue weighted by Crippen LogP contribution is 2.36. The van der Waals surface area contributed by atoms with Crippen molar-refractivity contribution in [1.29, 1.82) is 0 Å². The lowest BCUT2D eigenvalue weighted by Crippen LogP contribution is -2.38. The molecule has 2 fully saturated rings. The summed E-state index contributed by atoms with van der Waals surface area (Å²) >= 11 is 0. The van der Waals surface area contributed by atoms with Gasteiger partial charge in [-0.15, -0.1) is 0 Å². The Hall–Kier alpha value is -1.67. The van der Waals surface area contributed by atoms with Crippen molar-refractivity contribution in [2.75, 3.05) is 40.0 Å². The quantitative estimate of drug-likeness (QED) is 0.795. The average molecular weight is 356 g/mol. The van der Waals surface area contributed by atoms with Gasteiger partial charge >= 0.3 is 0 Å². The number of hydrogen-bond donors (Lipinski definition) is 0. The highest BCUT2D eigenvalue weighted by molar-refractivity contribution is 7.92. The van der Waals surface area contributed by atoms with Crippen LogP contribution >= 0.6 is 0 Å². The molecule has 0 bridgehead atoms. The molecule has 1 aromatic rings. The van der Waals surface area contributed by atoms with E-state index in [2.05, 4.69) is 0 Å². The van der Waals surface area contributed by atoms with Gasteiger partial charge in [-0.1, -0.05) is 0 Å². The van der Waals surface area contributed by atoms with Crippen LogP contribution in [-0.4, -0.2) is 75.5 Å². The minimum atomic E-state index is -3.21. The van der Waals surface area contributed by atoms with Crippen LogP contribution in [0.3, 0.4) is 0 Å². The number of amides is 1. The Balaban J connectivity index is 1.84. The fourth-order valence-corrected chi connectivity index (χ4v) is 6.18. The molecule has 0 unspecified atom stereocenters. The molecule has 24 heavy (non-hydrogen) atoms. The molecule has 6 nitrogen and oxygen atoms in total. The number of carbonyl (C=O) groups is 1. The van der Waals surface area contributed by atoms with Crippen molar-refractivity contribution in [3.05, 3.63) is 29.6 Å². The van der Waals surface area contributed by atoms with Gasteiger partial charge in [-0.2, -0.15) is 0 Å². The van der Waals surface area contributed by atoms with Crippen LogP contribution in [0.4, 0.5) is 4.39 Å².